The molecule has 0 radical (unpaired) electrons. The van der Waals surface area contributed by atoms with Gasteiger partial charge in [0.2, 0.25) is 0 Å². The number of nitrogens with one attached hydrogen (secondary N) is 1. The summed E-state index contributed by atoms with van der Waals surface area (Å²) in [7, 11) is 0. The van der Waals surface area contributed by atoms with E-state index in [1.165, 1.54) is 5.57 Å². The third-order valence-electron chi connectivity index (χ3n) is 4.73. The summed E-state index contributed by atoms with van der Waals surface area (Å²) in [6.07, 6.45) is 16.4. The molecule has 2 atom stereocenters. The highest BCUT2D eigenvalue weighted by atomic mass is 15.0. The Balaban J connectivity index is 3.47. The van der Waals surface area contributed by atoms with E-state index < -0.39 is 0 Å². The van der Waals surface area contributed by atoms with E-state index in [0.29, 0.717) is 18.1 Å². The van der Waals surface area contributed by atoms with Crippen molar-refractivity contribution in [2.24, 2.45) is 27.8 Å². The summed E-state index contributed by atoms with van der Waals surface area (Å²) in [6.45, 7) is 13.4. The first-order chi connectivity index (χ1) is 13.6. The molecule has 0 amide bonds. The highest BCUT2D eigenvalue weighted by Crippen LogP contribution is 2.28. The van der Waals surface area contributed by atoms with Crippen molar-refractivity contribution in [1.29, 1.82) is 0 Å². The molecular weight excluding hydrogens is 356 g/mol. The van der Waals surface area contributed by atoms with Crippen LogP contribution >= 0.6 is 0 Å². The molecule has 0 heterocycles. The van der Waals surface area contributed by atoms with Gasteiger partial charge in [-0.2, -0.15) is 0 Å². The lowest BCUT2D eigenvalue weighted by molar-refractivity contribution is 0.373. The molecule has 4 nitrogen and oxygen atoms in total. The Bertz CT molecular complexity index is 784. The molecule has 5 N–H and O–H groups in total. The maximum absolute atomic E-state index is 6.33. The topological polar surface area (TPSA) is 76.4 Å². The van der Waals surface area contributed by atoms with Gasteiger partial charge in [0.1, 0.15) is 0 Å². The van der Waals surface area contributed by atoms with Gasteiger partial charge in [-0.05, 0) is 55.2 Å². The van der Waals surface area contributed by atoms with Crippen LogP contribution in [0.3, 0.4) is 0 Å². The maximum Gasteiger partial charge on any atom is 0.172 e. The largest absolute Gasteiger partial charge is 0.387 e. The van der Waals surface area contributed by atoms with E-state index in [4.69, 9.17) is 17.9 Å². The Morgan fingerprint density at radius 1 is 1.38 bits per heavy atom. The standard InChI is InChI=1S/C25H38N4/c1-8-10-11-20-16-18(3)23(27)13-12-21(22(20)9-2)17-24(29-19(4)26)28-15-14-25(5,6)7/h1,9,12-13,16,18,23,28H,10-11,14-15,27H2,2-7H3,(H2,26,29)/b13-12?,20-16-,22-9-. The third kappa shape index (κ3) is 9.05. The monoisotopic (exact) mass is 394 g/mol. The molecule has 0 aliphatic heterocycles. The van der Waals surface area contributed by atoms with Gasteiger partial charge in [0.25, 0.3) is 0 Å². The van der Waals surface area contributed by atoms with Crippen molar-refractivity contribution >= 4 is 5.84 Å². The van der Waals surface area contributed by atoms with Gasteiger partial charge in [0.05, 0.1) is 5.84 Å². The lowest BCUT2D eigenvalue weighted by Gasteiger charge is -2.21. The van der Waals surface area contributed by atoms with Gasteiger partial charge in [0, 0.05) is 24.6 Å². The maximum atomic E-state index is 6.33. The van der Waals surface area contributed by atoms with Crippen molar-refractivity contribution in [1.82, 2.24) is 5.32 Å². The molecule has 0 aromatic carbocycles. The fourth-order valence-electron chi connectivity index (χ4n) is 3.01. The minimum absolute atomic E-state index is 0.0666. The summed E-state index contributed by atoms with van der Waals surface area (Å²) >= 11 is 0. The fourth-order valence-corrected chi connectivity index (χ4v) is 3.01. The summed E-state index contributed by atoms with van der Waals surface area (Å²) in [5, 5.41) is 3.39. The Kier molecular flexibility index (Phi) is 9.75. The number of rotatable bonds is 6. The zero-order valence-electron chi connectivity index (χ0n) is 19.0. The zero-order valence-corrected chi connectivity index (χ0v) is 19.0. The summed E-state index contributed by atoms with van der Waals surface area (Å²) in [6, 6.07) is -0.0666. The number of amidine groups is 1. The average Bonchev–Trinajstić information content (AvgIpc) is 2.61. The molecule has 1 aliphatic rings. The second-order valence-corrected chi connectivity index (χ2v) is 8.77. The van der Waals surface area contributed by atoms with Crippen molar-refractivity contribution < 1.29 is 0 Å². The number of terminal acetylenes is 1. The second-order valence-electron chi connectivity index (χ2n) is 8.77. The Hall–Kier alpha value is -2.47. The van der Waals surface area contributed by atoms with Crippen LogP contribution in [0, 0.1) is 23.7 Å². The van der Waals surface area contributed by atoms with Crippen LogP contribution in [0.15, 0.2) is 57.6 Å². The minimum Gasteiger partial charge on any atom is -0.387 e. The molecular formula is C25H38N4. The average molecular weight is 395 g/mol. The lowest BCUT2D eigenvalue weighted by Crippen LogP contribution is -2.25. The van der Waals surface area contributed by atoms with E-state index in [1.54, 1.807) is 6.92 Å². The number of hydrogen-bond donors (Lipinski definition) is 3. The number of aliphatic imine (C=N–C) groups is 1. The Labute approximate surface area is 177 Å². The smallest absolute Gasteiger partial charge is 0.172 e. The molecule has 1 aliphatic carbocycles. The Morgan fingerprint density at radius 3 is 2.62 bits per heavy atom. The van der Waals surface area contributed by atoms with Crippen LogP contribution in [0.1, 0.15) is 60.8 Å². The molecule has 0 aromatic heterocycles. The molecule has 4 heteroatoms. The van der Waals surface area contributed by atoms with E-state index in [1.807, 2.05) is 19.1 Å². The van der Waals surface area contributed by atoms with Crippen LogP contribution in [0.2, 0.25) is 0 Å². The first-order valence-corrected chi connectivity index (χ1v) is 10.4. The number of allylic oxidation sites excluding steroid dienone is 5. The van der Waals surface area contributed by atoms with Crippen molar-refractivity contribution in [3.63, 3.8) is 0 Å². The van der Waals surface area contributed by atoms with Crippen LogP contribution in [0.5, 0.6) is 0 Å². The summed E-state index contributed by atoms with van der Waals surface area (Å²) < 4.78 is 0. The van der Waals surface area contributed by atoms with Crippen LogP contribution < -0.4 is 16.8 Å². The molecule has 0 bridgehead atoms. The van der Waals surface area contributed by atoms with Crippen LogP contribution in [0.4, 0.5) is 0 Å². The van der Waals surface area contributed by atoms with E-state index in [-0.39, 0.29) is 17.4 Å². The molecule has 29 heavy (non-hydrogen) atoms. The van der Waals surface area contributed by atoms with Gasteiger partial charge in [-0.15, -0.1) is 12.3 Å². The van der Waals surface area contributed by atoms with Gasteiger partial charge in [-0.1, -0.05) is 51.7 Å². The SMILES string of the molecule is C#CCC/C1=C/C(C)C(N)C=CC(=C=C(N=C(C)N)NCCC(C)(C)C)\C1=C/C. The molecule has 0 fully saturated rings. The van der Waals surface area contributed by atoms with Crippen molar-refractivity contribution in [3.8, 4) is 12.3 Å². The lowest BCUT2D eigenvalue weighted by atomic mass is 9.86. The third-order valence-corrected chi connectivity index (χ3v) is 4.73. The normalized spacial score (nSPS) is 23.5. The highest BCUT2D eigenvalue weighted by molar-refractivity contribution is 5.78. The molecule has 158 valence electrons. The van der Waals surface area contributed by atoms with Gasteiger partial charge >= 0.3 is 0 Å². The number of nitrogens with zero attached hydrogens (tertiary/aromatic N) is 1. The minimum atomic E-state index is -0.0666. The van der Waals surface area contributed by atoms with E-state index in [9.17, 15) is 0 Å². The number of hydrogen-bond acceptors (Lipinski definition) is 3. The molecule has 0 aromatic rings. The van der Waals surface area contributed by atoms with Crippen molar-refractivity contribution in [2.75, 3.05) is 6.54 Å². The Morgan fingerprint density at radius 2 is 2.07 bits per heavy atom. The summed E-state index contributed by atoms with van der Waals surface area (Å²) in [4.78, 5) is 4.46. The summed E-state index contributed by atoms with van der Waals surface area (Å²) in [5.74, 6) is 4.09. The first-order valence-electron chi connectivity index (χ1n) is 10.4. The van der Waals surface area contributed by atoms with Crippen molar-refractivity contribution in [3.05, 3.63) is 52.6 Å². The van der Waals surface area contributed by atoms with Gasteiger partial charge in [0.15, 0.2) is 5.82 Å². The first kappa shape index (κ1) is 24.6. The van der Waals surface area contributed by atoms with E-state index >= 15 is 0 Å². The predicted molar refractivity (Wildman–Crippen MR) is 126 cm³/mol. The highest BCUT2D eigenvalue weighted by Gasteiger charge is 2.16. The van der Waals surface area contributed by atoms with Gasteiger partial charge < -0.3 is 16.8 Å². The quantitative estimate of drug-likeness (QED) is 0.267. The summed E-state index contributed by atoms with van der Waals surface area (Å²) in [5.41, 5.74) is 19.1. The second kappa shape index (κ2) is 11.5. The van der Waals surface area contributed by atoms with Gasteiger partial charge in [-0.25, -0.2) is 4.99 Å². The van der Waals surface area contributed by atoms with Crippen LogP contribution in [0.25, 0.3) is 0 Å². The molecule has 1 rings (SSSR count). The molecule has 0 spiro atoms. The van der Waals surface area contributed by atoms with Crippen LogP contribution in [-0.2, 0) is 0 Å². The van der Waals surface area contributed by atoms with Crippen LogP contribution in [-0.4, -0.2) is 18.4 Å². The fraction of sp³-hybridized carbons (Fsp3) is 0.520. The molecule has 2 unspecified atom stereocenters. The van der Waals surface area contributed by atoms with E-state index in [0.717, 1.165) is 30.5 Å². The van der Waals surface area contributed by atoms with E-state index in [2.05, 4.69) is 61.8 Å². The molecule has 0 saturated carbocycles. The number of nitrogens with two attached hydrogens (primary N) is 2. The van der Waals surface area contributed by atoms with Gasteiger partial charge in [-0.3, -0.25) is 0 Å². The zero-order chi connectivity index (χ0) is 22.0. The van der Waals surface area contributed by atoms with Crippen molar-refractivity contribution in [2.45, 2.75) is 66.8 Å². The predicted octanol–water partition coefficient (Wildman–Crippen LogP) is 4.58. The molecule has 0 saturated heterocycles.